The van der Waals surface area contributed by atoms with Gasteiger partial charge in [0, 0.05) is 116 Å². The van der Waals surface area contributed by atoms with Crippen molar-refractivity contribution in [2.45, 2.75) is 202 Å². The molecule has 0 aliphatic heterocycles. The second-order valence-corrected chi connectivity index (χ2v) is 34.0. The van der Waals surface area contributed by atoms with Crippen molar-refractivity contribution in [2.75, 3.05) is 51.8 Å². The maximum absolute atomic E-state index is 16.6. The summed E-state index contributed by atoms with van der Waals surface area (Å²) >= 11 is 4.25. The third kappa shape index (κ3) is 36.8. The highest BCUT2D eigenvalue weighted by Crippen LogP contribution is 2.20. The van der Waals surface area contributed by atoms with Gasteiger partial charge >= 0.3 is 11.9 Å². The summed E-state index contributed by atoms with van der Waals surface area (Å²) in [5, 5.41) is 96.2. The molecule has 0 radical (unpaired) electrons. The first-order valence-electron chi connectivity index (χ1n) is 45.3. The molecular formula is C88H121N29O29S. The van der Waals surface area contributed by atoms with Gasteiger partial charge in [-0.25, -0.2) is 19.9 Å². The summed E-state index contributed by atoms with van der Waals surface area (Å²) in [6.45, 7) is -2.65. The Labute approximate surface area is 842 Å². The van der Waals surface area contributed by atoms with Crippen LogP contribution in [0.4, 0.5) is 0 Å². The van der Waals surface area contributed by atoms with E-state index in [1.807, 2.05) is 10.6 Å². The van der Waals surface area contributed by atoms with E-state index in [0.29, 0.717) is 0 Å². The van der Waals surface area contributed by atoms with Crippen molar-refractivity contribution in [2.24, 2.45) is 28.9 Å². The summed E-state index contributed by atoms with van der Waals surface area (Å²) in [6.07, 6.45) is 3.27. The Balaban J connectivity index is 1.55. The number of imidazole rings is 4. The van der Waals surface area contributed by atoms with Gasteiger partial charge in [-0.2, -0.15) is 12.6 Å². The van der Waals surface area contributed by atoms with Crippen molar-refractivity contribution in [3.8, 4) is 0 Å². The predicted octanol–water partition coefficient (Wildman–Crippen LogP) is -13.4. The minimum atomic E-state index is -2.66. The number of nitrogens with one attached hydrogen (secondary N) is 18. The first-order valence-corrected chi connectivity index (χ1v) is 46.0. The Kier molecular flexibility index (Phi) is 48.0. The van der Waals surface area contributed by atoms with Gasteiger partial charge in [0.2, 0.25) is 88.6 Å². The number of nitrogens with two attached hydrogens (primary N) is 4. The van der Waals surface area contributed by atoms with Gasteiger partial charge in [-0.05, 0) is 23.5 Å². The number of benzene rings is 2. The molecule has 4 heterocycles. The summed E-state index contributed by atoms with van der Waals surface area (Å²) < 4.78 is 0. The molecule has 0 bridgehead atoms. The third-order valence-electron chi connectivity index (χ3n) is 21.8. The van der Waals surface area contributed by atoms with Crippen LogP contribution in [0.3, 0.4) is 0 Å². The maximum Gasteiger partial charge on any atom is 0.305 e. The Morgan fingerprint density at radius 2 is 0.537 bits per heavy atom. The van der Waals surface area contributed by atoms with Gasteiger partial charge in [-0.3, -0.25) is 125 Å². The Morgan fingerprint density at radius 1 is 0.313 bits per heavy atom. The molecule has 2 aromatic carbocycles. The number of amides is 21. The number of aromatic nitrogens is 8. The Hall–Kier alpha value is -16.2. The molecule has 798 valence electrons. The second kappa shape index (κ2) is 59.1. The fraction of sp³-hybridized carbons (Fsp3) is 0.466. The molecular weight excluding hydrogens is 1960 g/mol. The number of rotatable bonds is 60. The molecule has 58 nitrogen and oxygen atoms in total. The fourth-order valence-corrected chi connectivity index (χ4v) is 15.0. The third-order valence-corrected chi connectivity index (χ3v) is 22.1. The number of imide groups is 3. The molecule has 0 aliphatic rings. The quantitative estimate of drug-likeness (QED) is 0.0158. The number of aliphatic hydroxyl groups is 4. The molecule has 0 saturated carbocycles. The van der Waals surface area contributed by atoms with Crippen LogP contribution >= 0.6 is 12.6 Å². The van der Waals surface area contributed by atoms with Gasteiger partial charge in [-0.15, -0.1) is 0 Å². The van der Waals surface area contributed by atoms with Crippen molar-refractivity contribution in [3.05, 3.63) is 145 Å². The first kappa shape index (κ1) is 119. The molecule has 0 saturated heterocycles. The highest BCUT2D eigenvalue weighted by Gasteiger charge is 2.49. The monoisotopic (exact) mass is 2080 g/mol. The number of nitrogens with zero attached hydrogens (tertiary/aromatic N) is 7. The van der Waals surface area contributed by atoms with Crippen LogP contribution in [0.1, 0.15) is 94.7 Å². The van der Waals surface area contributed by atoms with Crippen LogP contribution < -0.4 is 97.4 Å². The van der Waals surface area contributed by atoms with Gasteiger partial charge < -0.3 is 148 Å². The number of carbonyl (C=O) groups excluding carboxylic acids is 21. The second-order valence-electron chi connectivity index (χ2n) is 33.6. The lowest BCUT2D eigenvalue weighted by atomic mass is 9.99. The van der Waals surface area contributed by atoms with Gasteiger partial charge in [-0.1, -0.05) is 74.5 Å². The molecule has 0 spiro atoms. The van der Waals surface area contributed by atoms with Crippen LogP contribution in [0, 0.1) is 5.92 Å². The molecule has 59 heteroatoms. The van der Waals surface area contributed by atoms with E-state index in [4.69, 9.17) is 22.9 Å². The SMILES string of the molecule is CC(=O)N[C@@H](Cc1c[nH]cn1)C(=O)N[C@@H](CO)C(=O)N(C(=O)[C@H](CO)NC(=O)[C@H](Cc1c[nH]cn1)NC(C)=O)[C@@H](CN)C(=O)N[C@@H](CC(=O)O)C(=O)N[C@@H](Cc1ccccc1)C(=O)N(C(=O)[C@H](Cc1ccccc1)NC(=O)[C@H](CC(=O)O)NC(=O)[C@H](CN)N(C(=O)[C@H](CO)NC(=O)[C@H](Cc1c[nH]cn1)NC(C)=O)C(=O)[C@H](CO)NC(=O)[C@H](Cc1c[nH]cn1)NC(C)=O)[C@@H](CN)C(=O)N[C@@H](CS)C(=O)N[C@@H](CC(C)C)C(N)=O. The van der Waals surface area contributed by atoms with Crippen LogP contribution in [-0.4, -0.2) is 376 Å². The summed E-state index contributed by atoms with van der Waals surface area (Å²) in [5.41, 5.74) is 25.2. The van der Waals surface area contributed by atoms with Crippen LogP contribution in [0.15, 0.2) is 111 Å². The normalized spacial score (nSPS) is 14.6. The van der Waals surface area contributed by atoms with E-state index in [1.54, 1.807) is 13.8 Å². The van der Waals surface area contributed by atoms with E-state index in [-0.39, 0.29) is 60.9 Å². The summed E-state index contributed by atoms with van der Waals surface area (Å²) in [6, 6.07) is -24.2. The minimum Gasteiger partial charge on any atom is -0.481 e. The van der Waals surface area contributed by atoms with Crippen molar-refractivity contribution in [3.63, 3.8) is 0 Å². The highest BCUT2D eigenvalue weighted by atomic mass is 32.1. The number of carboxylic acid groups (broad SMARTS) is 2. The van der Waals surface area contributed by atoms with E-state index < -0.39 is 342 Å². The average Bonchev–Trinajstić information content (AvgIpc) is 1.63. The number of aromatic amines is 4. The van der Waals surface area contributed by atoms with E-state index in [1.165, 1.54) is 111 Å². The maximum atomic E-state index is 16.6. The summed E-state index contributed by atoms with van der Waals surface area (Å²) in [5.74, 6) is -35.5. The van der Waals surface area contributed by atoms with Gasteiger partial charge in [0.25, 0.3) is 35.4 Å². The Bertz CT molecular complexity index is 5080. The molecule has 6 rings (SSSR count). The number of aliphatic hydroxyl groups excluding tert-OH is 4. The summed E-state index contributed by atoms with van der Waals surface area (Å²) in [7, 11) is 0. The molecule has 0 fully saturated rings. The van der Waals surface area contributed by atoms with Gasteiger partial charge in [0.1, 0.15) is 103 Å². The smallest absolute Gasteiger partial charge is 0.305 e. The lowest BCUT2D eigenvalue weighted by Gasteiger charge is -2.36. The minimum absolute atomic E-state index is 0.00431. The van der Waals surface area contributed by atoms with E-state index in [2.05, 4.69) is 116 Å². The van der Waals surface area contributed by atoms with Gasteiger partial charge in [0.15, 0.2) is 0 Å². The van der Waals surface area contributed by atoms with E-state index in [9.17, 15) is 88.2 Å². The zero-order valence-electron chi connectivity index (χ0n) is 80.3. The molecule has 21 amide bonds. The standard InChI is InChI=1S/C88H121N29O29S/c1-42(2)17-53(72(92)130)105-79(137)66(37-147)114-82(140)69(28-91)115(83(141)60(18-47-13-9-7-10-14-47)108-77(135)58(24-70(126)127)106-80(138)67(26-89)116(85(143)62(33-118)110-73(131)54(101-43(3)122)20-49-29-93-38-97-49)86(144)63(34-119)111-74(132)55(102-44(4)123)21-50-30-94-39-98-50)84(142)61(19-48-15-11-8-12-16-48)109-78(136)59(25-71(128)129)107-81(139)68(27-90)117(87(145)64(35-120)112-75(133)56(103-45(5)124)22-51-31-95-40-99-51)88(146)65(36-121)113-76(134)57(104-46(6)125)23-52-32-96-41-100-52/h7-16,29-32,38-42,53-69,118-121,147H,17-28,33-37,89-91H2,1-6H3,(H2,92,130)(H,93,97)(H,94,98)(H,95,99)(H,96,100)(H,101,122)(H,102,123)(H,103,124)(H,104,125)(H,105,137)(H,106,138)(H,107,139)(H,108,135)(H,109,136)(H,110,131)(H,111,132)(H,112,133)(H,113,134)(H,114,140)(H,126,127)(H,128,129)/t53-,54-,55-,56-,57-,58-,59-,60-,61-,62-,63-,64-,65-,66-,67-,68-,69-/m0/s1. The zero-order valence-corrected chi connectivity index (χ0v) is 81.2. The molecule has 147 heavy (non-hydrogen) atoms. The molecule has 32 N–H and O–H groups in total. The van der Waals surface area contributed by atoms with Crippen LogP contribution in [0.5, 0.6) is 0 Å². The van der Waals surface area contributed by atoms with E-state index in [0.717, 1.165) is 27.7 Å². The fourth-order valence-electron chi connectivity index (χ4n) is 14.7. The first-order chi connectivity index (χ1) is 69.7. The number of thiol groups is 1. The largest absolute Gasteiger partial charge is 0.481 e. The predicted molar refractivity (Wildman–Crippen MR) is 509 cm³/mol. The topological polar surface area (TPSA) is 911 Å². The summed E-state index contributed by atoms with van der Waals surface area (Å²) in [4.78, 5) is 358. The number of carboxylic acids is 2. The molecule has 0 aliphatic carbocycles. The number of H-pyrrole nitrogens is 4. The van der Waals surface area contributed by atoms with Crippen molar-refractivity contribution in [1.82, 2.24) is 129 Å². The van der Waals surface area contributed by atoms with Crippen LogP contribution in [0.2, 0.25) is 0 Å². The number of aliphatic carboxylic acids is 2. The number of primary amides is 1. The van der Waals surface area contributed by atoms with Crippen LogP contribution in [-0.2, 0) is 149 Å². The van der Waals surface area contributed by atoms with Crippen molar-refractivity contribution < 1.29 is 141 Å². The van der Waals surface area contributed by atoms with Crippen molar-refractivity contribution >= 4 is 149 Å². The Morgan fingerprint density at radius 3 is 0.748 bits per heavy atom. The number of hydrogen-bond acceptors (Lipinski definition) is 35. The lowest BCUT2D eigenvalue weighted by Crippen LogP contribution is -2.68. The molecule has 17 atom stereocenters. The average molecular weight is 2080 g/mol. The molecule has 4 aromatic heterocycles. The number of carbonyl (C=O) groups is 23. The zero-order chi connectivity index (χ0) is 109. The van der Waals surface area contributed by atoms with Crippen molar-refractivity contribution in [1.29, 1.82) is 0 Å². The molecule has 0 unspecified atom stereocenters. The van der Waals surface area contributed by atoms with Gasteiger partial charge in [0.05, 0.1) is 87.4 Å². The number of hydrogen-bond donors (Lipinski definition) is 29. The van der Waals surface area contributed by atoms with E-state index >= 15 is 52.7 Å². The molecule has 6 aromatic rings. The highest BCUT2D eigenvalue weighted by molar-refractivity contribution is 7.80. The van der Waals surface area contributed by atoms with Crippen LogP contribution in [0.25, 0.3) is 0 Å². The lowest BCUT2D eigenvalue weighted by molar-refractivity contribution is -0.157.